The number of hydrogen-bond donors (Lipinski definition) is 2. The van der Waals surface area contributed by atoms with E-state index in [1.54, 1.807) is 0 Å². The minimum Gasteiger partial charge on any atom is -0.386 e. The van der Waals surface area contributed by atoms with Crippen molar-refractivity contribution in [2.24, 2.45) is 0 Å². The first-order chi connectivity index (χ1) is 9.88. The van der Waals surface area contributed by atoms with Crippen LogP contribution in [0.5, 0.6) is 0 Å². The lowest BCUT2D eigenvalue weighted by Crippen LogP contribution is -2.14. The Kier molecular flexibility index (Phi) is 4.47. The van der Waals surface area contributed by atoms with Crippen molar-refractivity contribution in [3.63, 3.8) is 0 Å². The number of nitrogens with one attached hydrogen (secondary N) is 1. The Hall–Kier alpha value is -2.08. The minimum absolute atomic E-state index is 0.148. The summed E-state index contributed by atoms with van der Waals surface area (Å²) in [7, 11) is 0. The highest BCUT2D eigenvalue weighted by Gasteiger charge is 2.15. The molecule has 2 aromatic carbocycles. The first kappa shape index (κ1) is 15.3. The van der Waals surface area contributed by atoms with Gasteiger partial charge in [-0.1, -0.05) is 0 Å². The molecule has 2 rings (SSSR count). The fourth-order valence-electron chi connectivity index (χ4n) is 1.87. The molecule has 0 spiro atoms. The zero-order valence-corrected chi connectivity index (χ0v) is 11.1. The SMILES string of the molecule is Cc1cc(F)c(NCC(O)c2cc(F)ccc2F)cc1F. The van der Waals surface area contributed by atoms with E-state index in [0.717, 1.165) is 30.3 Å². The second-order valence-corrected chi connectivity index (χ2v) is 4.64. The molecule has 0 radical (unpaired) electrons. The molecule has 6 heteroatoms. The van der Waals surface area contributed by atoms with Crippen LogP contribution in [0.25, 0.3) is 0 Å². The zero-order chi connectivity index (χ0) is 15.6. The molecule has 2 nitrogen and oxygen atoms in total. The summed E-state index contributed by atoms with van der Waals surface area (Å²) >= 11 is 0. The minimum atomic E-state index is -1.40. The fourth-order valence-corrected chi connectivity index (χ4v) is 1.87. The lowest BCUT2D eigenvalue weighted by molar-refractivity contribution is 0.186. The topological polar surface area (TPSA) is 32.3 Å². The third kappa shape index (κ3) is 3.52. The molecule has 112 valence electrons. The summed E-state index contributed by atoms with van der Waals surface area (Å²) in [5, 5.41) is 12.3. The number of aliphatic hydroxyl groups excluding tert-OH is 1. The van der Waals surface area contributed by atoms with Crippen LogP contribution in [0.1, 0.15) is 17.2 Å². The van der Waals surface area contributed by atoms with Crippen LogP contribution in [0.3, 0.4) is 0 Å². The van der Waals surface area contributed by atoms with Crippen LogP contribution in [0.2, 0.25) is 0 Å². The van der Waals surface area contributed by atoms with Gasteiger partial charge in [-0.2, -0.15) is 0 Å². The number of rotatable bonds is 4. The van der Waals surface area contributed by atoms with E-state index < -0.39 is 29.4 Å². The molecule has 0 aliphatic rings. The van der Waals surface area contributed by atoms with Crippen LogP contribution >= 0.6 is 0 Å². The molecular weight excluding hydrogens is 286 g/mol. The van der Waals surface area contributed by atoms with Gasteiger partial charge in [-0.15, -0.1) is 0 Å². The van der Waals surface area contributed by atoms with Crippen molar-refractivity contribution in [1.82, 2.24) is 0 Å². The number of aryl methyl sites for hydroxylation is 1. The van der Waals surface area contributed by atoms with E-state index in [1.165, 1.54) is 6.92 Å². The summed E-state index contributed by atoms with van der Waals surface area (Å²) in [5.74, 6) is -2.77. The van der Waals surface area contributed by atoms with Crippen LogP contribution in [-0.4, -0.2) is 11.7 Å². The van der Waals surface area contributed by atoms with Crippen LogP contribution in [0.4, 0.5) is 23.2 Å². The maximum absolute atomic E-state index is 13.6. The lowest BCUT2D eigenvalue weighted by atomic mass is 10.1. The molecule has 0 aliphatic carbocycles. The highest BCUT2D eigenvalue weighted by atomic mass is 19.1. The first-order valence-corrected chi connectivity index (χ1v) is 6.21. The largest absolute Gasteiger partial charge is 0.386 e. The molecule has 1 unspecified atom stereocenters. The zero-order valence-electron chi connectivity index (χ0n) is 11.1. The molecule has 1 atom stereocenters. The Labute approximate surface area is 119 Å². The van der Waals surface area contributed by atoms with Crippen LogP contribution in [0.15, 0.2) is 30.3 Å². The summed E-state index contributed by atoms with van der Waals surface area (Å²) < 4.78 is 53.4. The molecule has 0 saturated carbocycles. The number of anilines is 1. The number of hydrogen-bond acceptors (Lipinski definition) is 2. The van der Waals surface area contributed by atoms with E-state index in [9.17, 15) is 22.7 Å². The van der Waals surface area contributed by atoms with Gasteiger partial charge in [-0.3, -0.25) is 0 Å². The van der Waals surface area contributed by atoms with Crippen LogP contribution in [-0.2, 0) is 0 Å². The molecular formula is C15H13F4NO. The second-order valence-electron chi connectivity index (χ2n) is 4.64. The molecule has 2 aromatic rings. The maximum Gasteiger partial charge on any atom is 0.146 e. The van der Waals surface area contributed by atoms with Gasteiger partial charge in [0.1, 0.15) is 23.3 Å². The first-order valence-electron chi connectivity index (χ1n) is 6.21. The Morgan fingerprint density at radius 3 is 2.43 bits per heavy atom. The van der Waals surface area contributed by atoms with Gasteiger partial charge in [0, 0.05) is 18.2 Å². The van der Waals surface area contributed by atoms with Gasteiger partial charge < -0.3 is 10.4 Å². The average molecular weight is 299 g/mol. The van der Waals surface area contributed by atoms with E-state index in [-0.39, 0.29) is 23.4 Å². The van der Waals surface area contributed by atoms with Crippen molar-refractivity contribution in [2.45, 2.75) is 13.0 Å². The third-order valence-electron chi connectivity index (χ3n) is 3.05. The summed E-state index contributed by atoms with van der Waals surface area (Å²) in [6.07, 6.45) is -1.40. The smallest absolute Gasteiger partial charge is 0.146 e. The van der Waals surface area contributed by atoms with E-state index in [1.807, 2.05) is 0 Å². The van der Waals surface area contributed by atoms with Gasteiger partial charge in [0.15, 0.2) is 0 Å². The summed E-state index contributed by atoms with van der Waals surface area (Å²) in [4.78, 5) is 0. The van der Waals surface area contributed by atoms with Crippen molar-refractivity contribution in [2.75, 3.05) is 11.9 Å². The molecule has 0 heterocycles. The normalized spacial score (nSPS) is 12.3. The Morgan fingerprint density at radius 1 is 1.00 bits per heavy atom. The quantitative estimate of drug-likeness (QED) is 0.844. The highest BCUT2D eigenvalue weighted by Crippen LogP contribution is 2.22. The molecule has 0 saturated heterocycles. The Morgan fingerprint density at radius 2 is 1.71 bits per heavy atom. The predicted molar refractivity (Wildman–Crippen MR) is 70.9 cm³/mol. The van der Waals surface area contributed by atoms with E-state index in [2.05, 4.69) is 5.32 Å². The Bertz CT molecular complexity index is 660. The molecule has 0 aromatic heterocycles. The van der Waals surface area contributed by atoms with Crippen LogP contribution < -0.4 is 5.32 Å². The van der Waals surface area contributed by atoms with Crippen molar-refractivity contribution in [1.29, 1.82) is 0 Å². The van der Waals surface area contributed by atoms with Crippen molar-refractivity contribution < 1.29 is 22.7 Å². The molecule has 0 fully saturated rings. The van der Waals surface area contributed by atoms with Crippen molar-refractivity contribution >= 4 is 5.69 Å². The lowest BCUT2D eigenvalue weighted by Gasteiger charge is -2.15. The van der Waals surface area contributed by atoms with Gasteiger partial charge in [0.05, 0.1) is 11.8 Å². The summed E-state index contributed by atoms with van der Waals surface area (Å²) in [6, 6.07) is 4.62. The maximum atomic E-state index is 13.6. The molecule has 2 N–H and O–H groups in total. The number of halogens is 4. The highest BCUT2D eigenvalue weighted by molar-refractivity contribution is 5.47. The summed E-state index contributed by atoms with van der Waals surface area (Å²) in [5.41, 5.74) is -0.265. The van der Waals surface area contributed by atoms with Crippen molar-refractivity contribution in [3.05, 3.63) is 64.7 Å². The number of benzene rings is 2. The standard InChI is InChI=1S/C15H13F4NO/c1-8-4-13(19)14(6-12(8)18)20-7-15(21)10-5-9(16)2-3-11(10)17/h2-6,15,20-21H,7H2,1H3. The van der Waals surface area contributed by atoms with Gasteiger partial charge >= 0.3 is 0 Å². The summed E-state index contributed by atoms with van der Waals surface area (Å²) in [6.45, 7) is 1.12. The number of aliphatic hydroxyl groups is 1. The molecule has 21 heavy (non-hydrogen) atoms. The monoisotopic (exact) mass is 299 g/mol. The third-order valence-corrected chi connectivity index (χ3v) is 3.05. The second kappa shape index (κ2) is 6.13. The van der Waals surface area contributed by atoms with E-state index in [4.69, 9.17) is 0 Å². The van der Waals surface area contributed by atoms with Crippen molar-refractivity contribution in [3.8, 4) is 0 Å². The van der Waals surface area contributed by atoms with Gasteiger partial charge in [-0.25, -0.2) is 17.6 Å². The Balaban J connectivity index is 2.12. The average Bonchev–Trinajstić information content (AvgIpc) is 2.43. The van der Waals surface area contributed by atoms with Gasteiger partial charge in [0.25, 0.3) is 0 Å². The predicted octanol–water partition coefficient (Wildman–Crippen LogP) is 3.70. The molecule has 0 bridgehead atoms. The van der Waals surface area contributed by atoms with E-state index >= 15 is 0 Å². The molecule has 0 amide bonds. The van der Waals surface area contributed by atoms with Gasteiger partial charge in [-0.05, 0) is 36.8 Å². The van der Waals surface area contributed by atoms with Crippen LogP contribution in [0, 0.1) is 30.2 Å². The van der Waals surface area contributed by atoms with E-state index in [0.29, 0.717) is 0 Å². The van der Waals surface area contributed by atoms with Gasteiger partial charge in [0.2, 0.25) is 0 Å². The fraction of sp³-hybridized carbons (Fsp3) is 0.200. The molecule has 0 aliphatic heterocycles.